The minimum absolute atomic E-state index is 0.00314. The Labute approximate surface area is 180 Å². The van der Waals surface area contributed by atoms with Crippen molar-refractivity contribution >= 4 is 11.8 Å². The Kier molecular flexibility index (Phi) is 5.79. The number of nitrogens with zero attached hydrogens (tertiary/aromatic N) is 2. The lowest BCUT2D eigenvalue weighted by Gasteiger charge is -2.53. The van der Waals surface area contributed by atoms with Gasteiger partial charge in [0.2, 0.25) is 11.8 Å². The molecule has 1 aromatic rings. The van der Waals surface area contributed by atoms with Gasteiger partial charge in [0.05, 0.1) is 18.2 Å². The third-order valence-electron chi connectivity index (χ3n) is 7.07. The molecule has 0 saturated carbocycles. The molecule has 0 radical (unpaired) electrons. The van der Waals surface area contributed by atoms with Gasteiger partial charge in [-0.15, -0.1) is 0 Å². The zero-order valence-corrected chi connectivity index (χ0v) is 18.0. The second-order valence-corrected chi connectivity index (χ2v) is 9.25. The van der Waals surface area contributed by atoms with Crippen LogP contribution in [0.2, 0.25) is 0 Å². The Hall–Kier alpha value is -2.09. The number of hydrogen-bond acceptors (Lipinski definition) is 3. The first kappa shape index (κ1) is 22.1. The zero-order chi connectivity index (χ0) is 22.4. The molecule has 8 heteroatoms. The van der Waals surface area contributed by atoms with E-state index in [0.29, 0.717) is 56.9 Å². The van der Waals surface area contributed by atoms with E-state index < -0.39 is 17.5 Å². The molecule has 3 atom stereocenters. The smallest absolute Gasteiger partial charge is 0.353 e. The van der Waals surface area contributed by atoms with Gasteiger partial charge >= 0.3 is 6.18 Å². The third kappa shape index (κ3) is 4.06. The van der Waals surface area contributed by atoms with Gasteiger partial charge in [0, 0.05) is 38.3 Å². The third-order valence-corrected chi connectivity index (χ3v) is 7.07. The van der Waals surface area contributed by atoms with Crippen LogP contribution in [0.5, 0.6) is 0 Å². The normalized spacial score (nSPS) is 28.6. The quantitative estimate of drug-likeness (QED) is 0.717. The summed E-state index contributed by atoms with van der Waals surface area (Å²) in [6.45, 7) is 5.83. The fourth-order valence-electron chi connectivity index (χ4n) is 5.28. The van der Waals surface area contributed by atoms with Gasteiger partial charge in [0.15, 0.2) is 0 Å². The summed E-state index contributed by atoms with van der Waals surface area (Å²) < 4.78 is 44.4. The molecule has 1 aromatic carbocycles. The van der Waals surface area contributed by atoms with E-state index in [9.17, 15) is 22.8 Å². The van der Waals surface area contributed by atoms with Crippen molar-refractivity contribution in [3.63, 3.8) is 0 Å². The molecule has 3 aliphatic heterocycles. The highest BCUT2D eigenvalue weighted by molar-refractivity contribution is 5.79. The second-order valence-electron chi connectivity index (χ2n) is 9.25. The average Bonchev–Trinajstić information content (AvgIpc) is 3.12. The maximum absolute atomic E-state index is 12.8. The zero-order valence-electron chi connectivity index (χ0n) is 18.0. The molecule has 0 bridgehead atoms. The van der Waals surface area contributed by atoms with Crippen LogP contribution in [0.4, 0.5) is 13.2 Å². The van der Waals surface area contributed by atoms with E-state index in [4.69, 9.17) is 4.74 Å². The highest BCUT2D eigenvalue weighted by atomic mass is 19.4. The largest absolute Gasteiger partial charge is 0.416 e. The number of carbonyl (C=O) groups is 2. The number of carbonyl (C=O) groups excluding carboxylic acids is 2. The highest BCUT2D eigenvalue weighted by Gasteiger charge is 2.59. The van der Waals surface area contributed by atoms with Crippen molar-refractivity contribution in [2.75, 3.05) is 19.7 Å². The van der Waals surface area contributed by atoms with Gasteiger partial charge in [0.1, 0.15) is 5.72 Å². The number of alkyl halides is 3. The minimum Gasteiger partial charge on any atom is -0.353 e. The van der Waals surface area contributed by atoms with Crippen LogP contribution in [0.1, 0.15) is 50.7 Å². The predicted octanol–water partition coefficient (Wildman–Crippen LogP) is 3.86. The summed E-state index contributed by atoms with van der Waals surface area (Å²) in [6.07, 6.45) is -1.90. The van der Waals surface area contributed by atoms with Crippen molar-refractivity contribution in [1.29, 1.82) is 0 Å². The molecule has 3 heterocycles. The maximum atomic E-state index is 12.8. The molecule has 3 fully saturated rings. The van der Waals surface area contributed by atoms with E-state index >= 15 is 0 Å². The maximum Gasteiger partial charge on any atom is 0.416 e. The molecule has 0 N–H and O–H groups in total. The van der Waals surface area contributed by atoms with Crippen molar-refractivity contribution < 1.29 is 27.5 Å². The topological polar surface area (TPSA) is 49.9 Å². The molecule has 1 spiro atoms. The van der Waals surface area contributed by atoms with Gasteiger partial charge < -0.3 is 14.5 Å². The van der Waals surface area contributed by atoms with Crippen molar-refractivity contribution in [1.82, 2.24) is 9.80 Å². The van der Waals surface area contributed by atoms with Gasteiger partial charge in [-0.2, -0.15) is 13.2 Å². The fraction of sp³-hybridized carbons (Fsp3) is 0.652. The average molecular weight is 438 g/mol. The molecular formula is C23H29F3N2O3. The van der Waals surface area contributed by atoms with Crippen LogP contribution in [0.15, 0.2) is 24.3 Å². The molecule has 2 amide bonds. The predicted molar refractivity (Wildman–Crippen MR) is 108 cm³/mol. The molecule has 170 valence electrons. The molecule has 31 heavy (non-hydrogen) atoms. The Morgan fingerprint density at radius 3 is 2.61 bits per heavy atom. The number of piperidine rings is 2. The lowest BCUT2D eigenvalue weighted by atomic mass is 9.79. The van der Waals surface area contributed by atoms with E-state index in [2.05, 4.69) is 13.8 Å². The van der Waals surface area contributed by atoms with E-state index in [1.807, 2.05) is 9.80 Å². The van der Waals surface area contributed by atoms with Crippen LogP contribution in [0.25, 0.3) is 0 Å². The molecule has 0 aromatic heterocycles. The summed E-state index contributed by atoms with van der Waals surface area (Å²) in [5.74, 6) is 0.550. The number of amides is 2. The van der Waals surface area contributed by atoms with E-state index in [0.717, 1.165) is 12.1 Å². The number of aryl methyl sites for hydroxylation is 1. The number of ether oxygens (including phenoxy) is 1. The standard InChI is InChI=1S/C23H29F3N2O3/c1-15(2)19-14-31-22-11-12-27(13-18(22)8-10-21(30)28(19)22)20(29)9-5-16-3-6-17(7-4-16)23(24,25)26/h3-4,6-7,15,18-19H,5,8-14H2,1-2H3/t18-,19-,22-/m1/s1. The van der Waals surface area contributed by atoms with Crippen LogP contribution < -0.4 is 0 Å². The molecule has 0 unspecified atom stereocenters. The van der Waals surface area contributed by atoms with Gasteiger partial charge in [-0.25, -0.2) is 0 Å². The number of benzene rings is 1. The van der Waals surface area contributed by atoms with Crippen LogP contribution in [-0.4, -0.2) is 53.1 Å². The number of halogens is 3. The number of hydrogen-bond donors (Lipinski definition) is 0. The summed E-state index contributed by atoms with van der Waals surface area (Å²) in [5, 5.41) is 0. The Morgan fingerprint density at radius 1 is 1.26 bits per heavy atom. The van der Waals surface area contributed by atoms with Crippen LogP contribution >= 0.6 is 0 Å². The van der Waals surface area contributed by atoms with Gasteiger partial charge in [-0.1, -0.05) is 26.0 Å². The molecule has 3 saturated heterocycles. The second kappa shape index (κ2) is 8.11. The van der Waals surface area contributed by atoms with E-state index in [1.54, 1.807) is 0 Å². The summed E-state index contributed by atoms with van der Waals surface area (Å²) >= 11 is 0. The summed E-state index contributed by atoms with van der Waals surface area (Å²) in [5.41, 5.74) is -0.561. The number of rotatable bonds is 4. The summed E-state index contributed by atoms with van der Waals surface area (Å²) in [6, 6.07) is 5.06. The molecule has 5 nitrogen and oxygen atoms in total. The fourth-order valence-corrected chi connectivity index (χ4v) is 5.28. The van der Waals surface area contributed by atoms with Gasteiger partial charge in [0.25, 0.3) is 0 Å². The minimum atomic E-state index is -4.36. The molecule has 4 rings (SSSR count). The Balaban J connectivity index is 1.38. The molecule has 0 aliphatic carbocycles. The highest BCUT2D eigenvalue weighted by Crippen LogP contribution is 2.47. The number of likely N-dealkylation sites (tertiary alicyclic amines) is 1. The lowest BCUT2D eigenvalue weighted by Crippen LogP contribution is -2.65. The van der Waals surface area contributed by atoms with Gasteiger partial charge in [-0.05, 0) is 36.5 Å². The van der Waals surface area contributed by atoms with Gasteiger partial charge in [-0.3, -0.25) is 9.59 Å². The first-order valence-electron chi connectivity index (χ1n) is 11.0. The van der Waals surface area contributed by atoms with Crippen molar-refractivity contribution in [3.05, 3.63) is 35.4 Å². The van der Waals surface area contributed by atoms with Crippen molar-refractivity contribution in [2.45, 2.75) is 63.9 Å². The van der Waals surface area contributed by atoms with Crippen LogP contribution in [0.3, 0.4) is 0 Å². The first-order chi connectivity index (χ1) is 14.6. The monoisotopic (exact) mass is 438 g/mol. The summed E-state index contributed by atoms with van der Waals surface area (Å²) in [7, 11) is 0. The van der Waals surface area contributed by atoms with Crippen molar-refractivity contribution in [2.24, 2.45) is 11.8 Å². The Morgan fingerprint density at radius 2 is 1.97 bits per heavy atom. The SMILES string of the molecule is CC(C)[C@H]1CO[C@]23CCN(C(=O)CCc4ccc(C(F)(F)F)cc4)C[C@H]2CCC(=O)N13. The van der Waals surface area contributed by atoms with Crippen LogP contribution in [0, 0.1) is 11.8 Å². The first-order valence-corrected chi connectivity index (χ1v) is 11.0. The van der Waals surface area contributed by atoms with Crippen LogP contribution in [-0.2, 0) is 26.9 Å². The molecule has 3 aliphatic rings. The summed E-state index contributed by atoms with van der Waals surface area (Å²) in [4.78, 5) is 29.3. The van der Waals surface area contributed by atoms with E-state index in [1.165, 1.54) is 12.1 Å². The van der Waals surface area contributed by atoms with E-state index in [-0.39, 0.29) is 30.2 Å². The van der Waals surface area contributed by atoms with Crippen molar-refractivity contribution in [3.8, 4) is 0 Å². The molecular weight excluding hydrogens is 409 g/mol. The lowest BCUT2D eigenvalue weighted by molar-refractivity contribution is -0.193. The Bertz CT molecular complexity index is 839.